The minimum atomic E-state index is 0. The number of anilines is 3. The van der Waals surface area contributed by atoms with Gasteiger partial charge in [0.05, 0.1) is 0 Å². The molecule has 5 aromatic carbocycles. The highest BCUT2D eigenvalue weighted by Crippen LogP contribution is 2.38. The van der Waals surface area contributed by atoms with Gasteiger partial charge in [0.15, 0.2) is 0 Å². The summed E-state index contributed by atoms with van der Waals surface area (Å²) in [4.78, 5) is 2.36. The van der Waals surface area contributed by atoms with Crippen LogP contribution in [0.15, 0.2) is 115 Å². The van der Waals surface area contributed by atoms with Crippen molar-refractivity contribution in [3.05, 3.63) is 138 Å². The average molecular weight is 470 g/mol. The molecule has 0 saturated carbocycles. The van der Waals surface area contributed by atoms with Crippen LogP contribution < -0.4 is 4.90 Å². The Hall–Kier alpha value is -4.10. The molecule has 0 bridgehead atoms. The molecule has 0 spiro atoms. The third-order valence-corrected chi connectivity index (χ3v) is 6.55. The largest absolute Gasteiger partial charge is 0.310 e. The predicted molar refractivity (Wildman–Crippen MR) is 158 cm³/mol. The Morgan fingerprint density at radius 3 is 1.28 bits per heavy atom. The van der Waals surface area contributed by atoms with Crippen LogP contribution in [0.25, 0.3) is 22.3 Å². The second kappa shape index (κ2) is 10.7. The van der Waals surface area contributed by atoms with Crippen LogP contribution >= 0.6 is 0 Å². The van der Waals surface area contributed by atoms with Crippen LogP contribution in [-0.4, -0.2) is 0 Å². The smallest absolute Gasteiger partial charge is 0.0490 e. The molecule has 0 aromatic heterocycles. The third-order valence-electron chi connectivity index (χ3n) is 6.55. The summed E-state index contributed by atoms with van der Waals surface area (Å²) in [5.74, 6) is 0. The highest BCUT2D eigenvalue weighted by Gasteiger charge is 2.15. The molecule has 0 saturated heterocycles. The van der Waals surface area contributed by atoms with Crippen molar-refractivity contribution in [1.29, 1.82) is 0 Å². The van der Waals surface area contributed by atoms with Crippen molar-refractivity contribution >= 4 is 17.1 Å². The number of benzene rings is 5. The van der Waals surface area contributed by atoms with Crippen molar-refractivity contribution in [2.75, 3.05) is 4.90 Å². The third kappa shape index (κ3) is 5.26. The monoisotopic (exact) mass is 469 g/mol. The van der Waals surface area contributed by atoms with Gasteiger partial charge in [0.2, 0.25) is 0 Å². The van der Waals surface area contributed by atoms with Gasteiger partial charge in [-0.25, -0.2) is 0 Å². The summed E-state index contributed by atoms with van der Waals surface area (Å²) < 4.78 is 0. The van der Waals surface area contributed by atoms with E-state index in [0.717, 1.165) is 11.4 Å². The SMILES string of the molecule is C.Cc1cccc(-c2ccc(N(c3ccc(-c4cccc(C)c4)cc3)c3ccc(C)cc3C)cc2)c1. The van der Waals surface area contributed by atoms with E-state index in [0.29, 0.717) is 0 Å². The summed E-state index contributed by atoms with van der Waals surface area (Å²) in [7, 11) is 0. The molecule has 0 fully saturated rings. The van der Waals surface area contributed by atoms with E-state index in [4.69, 9.17) is 0 Å². The van der Waals surface area contributed by atoms with Gasteiger partial charge in [-0.05, 0) is 85.8 Å². The van der Waals surface area contributed by atoms with Gasteiger partial charge in [-0.1, -0.05) is 109 Å². The lowest BCUT2D eigenvalue weighted by Crippen LogP contribution is -2.11. The van der Waals surface area contributed by atoms with Gasteiger partial charge in [0, 0.05) is 17.1 Å². The first-order chi connectivity index (χ1) is 17.0. The van der Waals surface area contributed by atoms with Crippen LogP contribution in [0.1, 0.15) is 29.7 Å². The zero-order chi connectivity index (χ0) is 24.4. The molecule has 0 aliphatic rings. The first-order valence-electron chi connectivity index (χ1n) is 12.2. The molecule has 0 aliphatic carbocycles. The second-order valence-electron chi connectivity index (χ2n) is 9.46. The minimum absolute atomic E-state index is 0. The lowest BCUT2D eigenvalue weighted by atomic mass is 10.0. The molecule has 0 radical (unpaired) electrons. The van der Waals surface area contributed by atoms with Crippen LogP contribution in [-0.2, 0) is 0 Å². The molecule has 180 valence electrons. The van der Waals surface area contributed by atoms with Crippen LogP contribution in [0, 0.1) is 27.7 Å². The first-order valence-corrected chi connectivity index (χ1v) is 12.2. The van der Waals surface area contributed by atoms with Crippen molar-refractivity contribution in [3.8, 4) is 22.3 Å². The van der Waals surface area contributed by atoms with Crippen molar-refractivity contribution in [2.45, 2.75) is 35.1 Å². The summed E-state index contributed by atoms with van der Waals surface area (Å²) in [5.41, 5.74) is 13.5. The number of hydrogen-bond acceptors (Lipinski definition) is 1. The van der Waals surface area contributed by atoms with Crippen molar-refractivity contribution in [2.24, 2.45) is 0 Å². The molecule has 0 atom stereocenters. The number of rotatable bonds is 5. The Balaban J connectivity index is 0.00000304. The maximum Gasteiger partial charge on any atom is 0.0490 e. The summed E-state index contributed by atoms with van der Waals surface area (Å²) >= 11 is 0. The number of hydrogen-bond donors (Lipinski definition) is 0. The van der Waals surface area contributed by atoms with Gasteiger partial charge in [-0.2, -0.15) is 0 Å². The van der Waals surface area contributed by atoms with Crippen LogP contribution in [0.3, 0.4) is 0 Å². The first kappa shape index (κ1) is 25.0. The average Bonchev–Trinajstić information content (AvgIpc) is 2.86. The molecule has 1 nitrogen and oxygen atoms in total. The fourth-order valence-corrected chi connectivity index (χ4v) is 4.74. The molecular weight excluding hydrogens is 434 g/mol. The zero-order valence-corrected chi connectivity index (χ0v) is 20.9. The Morgan fingerprint density at radius 1 is 0.417 bits per heavy atom. The van der Waals surface area contributed by atoms with E-state index >= 15 is 0 Å². The molecule has 5 aromatic rings. The van der Waals surface area contributed by atoms with Gasteiger partial charge < -0.3 is 4.90 Å². The molecule has 5 rings (SSSR count). The molecule has 36 heavy (non-hydrogen) atoms. The molecule has 0 aliphatic heterocycles. The Morgan fingerprint density at radius 2 is 0.861 bits per heavy atom. The maximum absolute atomic E-state index is 2.36. The molecule has 0 amide bonds. The summed E-state index contributed by atoms with van der Waals surface area (Å²) in [5, 5.41) is 0. The number of aryl methyl sites for hydroxylation is 4. The van der Waals surface area contributed by atoms with Crippen molar-refractivity contribution in [3.63, 3.8) is 0 Å². The van der Waals surface area contributed by atoms with Gasteiger partial charge in [-0.15, -0.1) is 0 Å². The van der Waals surface area contributed by atoms with Gasteiger partial charge >= 0.3 is 0 Å². The minimum Gasteiger partial charge on any atom is -0.310 e. The van der Waals surface area contributed by atoms with Crippen LogP contribution in [0.2, 0.25) is 0 Å². The zero-order valence-electron chi connectivity index (χ0n) is 20.9. The van der Waals surface area contributed by atoms with E-state index < -0.39 is 0 Å². The van der Waals surface area contributed by atoms with E-state index in [-0.39, 0.29) is 7.43 Å². The summed E-state index contributed by atoms with van der Waals surface area (Å²) in [6, 6.07) is 41.8. The van der Waals surface area contributed by atoms with Crippen molar-refractivity contribution in [1.82, 2.24) is 0 Å². The normalized spacial score (nSPS) is 10.6. The standard InChI is InChI=1S/C34H31N.CH4/c1-24-7-5-9-30(22-24)28-12-16-32(17-13-28)35(34-20-11-26(3)21-27(34)4)33-18-14-29(15-19-33)31-10-6-8-25(2)23-31;/h5-23H,1-4H3;1H4. The topological polar surface area (TPSA) is 3.24 Å². The molecule has 0 unspecified atom stereocenters. The van der Waals surface area contributed by atoms with Crippen LogP contribution in [0.5, 0.6) is 0 Å². The highest BCUT2D eigenvalue weighted by atomic mass is 15.1. The Kier molecular flexibility index (Phi) is 7.41. The maximum atomic E-state index is 2.36. The van der Waals surface area contributed by atoms with E-state index in [1.54, 1.807) is 0 Å². The molecule has 1 heteroatoms. The lowest BCUT2D eigenvalue weighted by Gasteiger charge is -2.27. The molecule has 0 heterocycles. The van der Waals surface area contributed by atoms with Crippen molar-refractivity contribution < 1.29 is 0 Å². The molecule has 0 N–H and O–H groups in total. The van der Waals surface area contributed by atoms with Crippen LogP contribution in [0.4, 0.5) is 17.1 Å². The van der Waals surface area contributed by atoms with E-state index in [1.165, 1.54) is 50.2 Å². The molecular formula is C35H35N. The summed E-state index contributed by atoms with van der Waals surface area (Å²) in [6.45, 7) is 8.62. The fourth-order valence-electron chi connectivity index (χ4n) is 4.74. The lowest BCUT2D eigenvalue weighted by molar-refractivity contribution is 1.24. The number of nitrogens with zero attached hydrogens (tertiary/aromatic N) is 1. The highest BCUT2D eigenvalue weighted by molar-refractivity contribution is 5.81. The van der Waals surface area contributed by atoms with Gasteiger partial charge in [0.25, 0.3) is 0 Å². The Bertz CT molecular complexity index is 1370. The van der Waals surface area contributed by atoms with E-state index in [2.05, 4.69) is 148 Å². The van der Waals surface area contributed by atoms with Gasteiger partial charge in [0.1, 0.15) is 0 Å². The van der Waals surface area contributed by atoms with Gasteiger partial charge in [-0.3, -0.25) is 0 Å². The van der Waals surface area contributed by atoms with E-state index in [9.17, 15) is 0 Å². The predicted octanol–water partition coefficient (Wildman–Crippen LogP) is 10.4. The Labute approximate surface area is 216 Å². The summed E-state index contributed by atoms with van der Waals surface area (Å²) in [6.07, 6.45) is 0. The quantitative estimate of drug-likeness (QED) is 0.247. The second-order valence-corrected chi connectivity index (χ2v) is 9.46. The van der Waals surface area contributed by atoms with E-state index in [1.807, 2.05) is 0 Å². The fraction of sp³-hybridized carbons (Fsp3) is 0.143.